The Morgan fingerprint density at radius 3 is 2.28 bits per heavy atom. The molecular formula is C14H28N2O2. The lowest BCUT2D eigenvalue weighted by Gasteiger charge is -2.32. The first-order valence-electron chi connectivity index (χ1n) is 6.74. The van der Waals surface area contributed by atoms with Crippen molar-refractivity contribution in [1.29, 1.82) is 0 Å². The fourth-order valence-corrected chi connectivity index (χ4v) is 2.28. The quantitative estimate of drug-likeness (QED) is 0.784. The van der Waals surface area contributed by atoms with Crippen LogP contribution in [0, 0.1) is 11.3 Å². The number of nitrogens with zero attached hydrogens (tertiary/aromatic N) is 1. The number of ether oxygens (including phenoxy) is 1. The lowest BCUT2D eigenvalue weighted by molar-refractivity contribution is 0.0282. The van der Waals surface area contributed by atoms with Gasteiger partial charge in [0.15, 0.2) is 0 Å². The van der Waals surface area contributed by atoms with Gasteiger partial charge in [0.25, 0.3) is 0 Å². The van der Waals surface area contributed by atoms with Gasteiger partial charge >= 0.3 is 6.09 Å². The molecule has 2 N–H and O–H groups in total. The van der Waals surface area contributed by atoms with E-state index in [4.69, 9.17) is 10.5 Å². The second kappa shape index (κ2) is 5.08. The number of carbonyl (C=O) groups excluding carboxylic acids is 1. The van der Waals surface area contributed by atoms with E-state index >= 15 is 0 Å². The van der Waals surface area contributed by atoms with E-state index in [1.165, 1.54) is 0 Å². The van der Waals surface area contributed by atoms with Crippen LogP contribution in [0.15, 0.2) is 0 Å². The number of rotatable bonds is 1. The van der Waals surface area contributed by atoms with Gasteiger partial charge in [-0.1, -0.05) is 20.8 Å². The third-order valence-corrected chi connectivity index (χ3v) is 3.38. The van der Waals surface area contributed by atoms with Gasteiger partial charge in [-0.2, -0.15) is 0 Å². The summed E-state index contributed by atoms with van der Waals surface area (Å²) in [6.07, 6.45) is 0.753. The lowest BCUT2D eigenvalue weighted by Crippen LogP contribution is -2.43. The number of hydrogen-bond acceptors (Lipinski definition) is 3. The van der Waals surface area contributed by atoms with Gasteiger partial charge in [-0.25, -0.2) is 4.79 Å². The summed E-state index contributed by atoms with van der Waals surface area (Å²) >= 11 is 0. The Morgan fingerprint density at radius 1 is 1.28 bits per heavy atom. The van der Waals surface area contributed by atoms with Crippen molar-refractivity contribution in [2.75, 3.05) is 13.1 Å². The molecule has 1 aliphatic rings. The zero-order valence-corrected chi connectivity index (χ0v) is 12.6. The highest BCUT2D eigenvalue weighted by Crippen LogP contribution is 2.30. The van der Waals surface area contributed by atoms with Crippen molar-refractivity contribution in [1.82, 2.24) is 4.90 Å². The minimum Gasteiger partial charge on any atom is -0.444 e. The highest BCUT2D eigenvalue weighted by Gasteiger charge is 2.36. The number of nitrogens with two attached hydrogens (primary N) is 1. The first-order valence-corrected chi connectivity index (χ1v) is 6.74. The summed E-state index contributed by atoms with van der Waals surface area (Å²) in [5.41, 5.74) is 5.92. The fraction of sp³-hybridized carbons (Fsp3) is 0.929. The van der Waals surface area contributed by atoms with Gasteiger partial charge in [-0.3, -0.25) is 0 Å². The van der Waals surface area contributed by atoms with E-state index in [2.05, 4.69) is 20.8 Å². The SMILES string of the molecule is CC(C)(C)OC(=O)N1CCC(C(N)C(C)(C)C)C1. The first kappa shape index (κ1) is 15.3. The molecule has 4 heteroatoms. The van der Waals surface area contributed by atoms with Crippen molar-refractivity contribution >= 4 is 6.09 Å². The maximum absolute atomic E-state index is 11.9. The number of hydrogen-bond donors (Lipinski definition) is 1. The number of carbonyl (C=O) groups is 1. The van der Waals surface area contributed by atoms with Crippen molar-refractivity contribution in [2.45, 2.75) is 59.6 Å². The smallest absolute Gasteiger partial charge is 0.410 e. The molecule has 0 aromatic heterocycles. The highest BCUT2D eigenvalue weighted by molar-refractivity contribution is 5.68. The monoisotopic (exact) mass is 256 g/mol. The maximum atomic E-state index is 11.9. The van der Waals surface area contributed by atoms with E-state index in [1.807, 2.05) is 20.8 Å². The van der Waals surface area contributed by atoms with E-state index < -0.39 is 5.60 Å². The molecule has 0 bridgehead atoms. The summed E-state index contributed by atoms with van der Waals surface area (Å²) in [5, 5.41) is 0. The van der Waals surface area contributed by atoms with Crippen molar-refractivity contribution in [3.05, 3.63) is 0 Å². The van der Waals surface area contributed by atoms with Gasteiger partial charge in [0.1, 0.15) is 5.60 Å². The molecule has 0 aromatic rings. The van der Waals surface area contributed by atoms with Crippen LogP contribution in [0.1, 0.15) is 48.0 Å². The zero-order valence-electron chi connectivity index (χ0n) is 12.6. The molecule has 0 aromatic carbocycles. The van der Waals surface area contributed by atoms with Crippen LogP contribution in [0.2, 0.25) is 0 Å². The molecule has 0 saturated carbocycles. The average Bonchev–Trinajstić information content (AvgIpc) is 2.60. The Hall–Kier alpha value is -0.770. The van der Waals surface area contributed by atoms with Gasteiger partial charge in [0.2, 0.25) is 0 Å². The molecule has 1 rings (SSSR count). The van der Waals surface area contributed by atoms with Gasteiger partial charge in [0, 0.05) is 19.1 Å². The van der Waals surface area contributed by atoms with Crippen LogP contribution < -0.4 is 5.73 Å². The molecule has 0 spiro atoms. The Kier molecular flexibility index (Phi) is 4.31. The molecule has 1 amide bonds. The van der Waals surface area contributed by atoms with Gasteiger partial charge in [-0.15, -0.1) is 0 Å². The van der Waals surface area contributed by atoms with E-state index in [0.717, 1.165) is 13.0 Å². The predicted molar refractivity (Wildman–Crippen MR) is 73.3 cm³/mol. The molecular weight excluding hydrogens is 228 g/mol. The van der Waals surface area contributed by atoms with E-state index in [9.17, 15) is 4.79 Å². The van der Waals surface area contributed by atoms with E-state index in [1.54, 1.807) is 4.90 Å². The zero-order chi connectivity index (χ0) is 14.1. The molecule has 1 aliphatic heterocycles. The molecule has 18 heavy (non-hydrogen) atoms. The summed E-state index contributed by atoms with van der Waals surface area (Å²) in [4.78, 5) is 13.7. The fourth-order valence-electron chi connectivity index (χ4n) is 2.28. The molecule has 0 aliphatic carbocycles. The molecule has 1 fully saturated rings. The molecule has 106 valence electrons. The standard InChI is InChI=1S/C14H28N2O2/c1-13(2,3)11(15)10-7-8-16(9-10)12(17)18-14(4,5)6/h10-11H,7-9,15H2,1-6H3. The minimum atomic E-state index is -0.429. The molecule has 0 radical (unpaired) electrons. The Labute approximate surface area is 111 Å². The molecule has 2 unspecified atom stereocenters. The van der Waals surface area contributed by atoms with Crippen molar-refractivity contribution in [3.63, 3.8) is 0 Å². The molecule has 1 heterocycles. The van der Waals surface area contributed by atoms with Gasteiger partial charge in [-0.05, 0) is 38.5 Å². The minimum absolute atomic E-state index is 0.0780. The second-order valence-corrected chi connectivity index (χ2v) is 7.37. The summed E-state index contributed by atoms with van der Waals surface area (Å²) < 4.78 is 5.38. The van der Waals surface area contributed by atoms with Gasteiger partial charge in [0.05, 0.1) is 0 Å². The third kappa shape index (κ3) is 4.16. The molecule has 2 atom stereocenters. The van der Waals surface area contributed by atoms with Crippen molar-refractivity contribution < 1.29 is 9.53 Å². The second-order valence-electron chi connectivity index (χ2n) is 7.37. The Bertz CT molecular complexity index is 302. The summed E-state index contributed by atoms with van der Waals surface area (Å²) in [6.45, 7) is 13.6. The van der Waals surface area contributed by atoms with Crippen LogP contribution in [-0.4, -0.2) is 35.7 Å². The Balaban J connectivity index is 2.54. The van der Waals surface area contributed by atoms with Crippen LogP contribution in [0.5, 0.6) is 0 Å². The third-order valence-electron chi connectivity index (χ3n) is 3.38. The average molecular weight is 256 g/mol. The largest absolute Gasteiger partial charge is 0.444 e. The van der Waals surface area contributed by atoms with Crippen LogP contribution in [-0.2, 0) is 4.74 Å². The highest BCUT2D eigenvalue weighted by atomic mass is 16.6. The van der Waals surface area contributed by atoms with Crippen LogP contribution in [0.4, 0.5) is 4.79 Å². The first-order chi connectivity index (χ1) is 8.00. The topological polar surface area (TPSA) is 55.6 Å². The summed E-state index contributed by atoms with van der Waals surface area (Å²) in [5.74, 6) is 0.373. The number of amides is 1. The van der Waals surface area contributed by atoms with Crippen molar-refractivity contribution in [3.8, 4) is 0 Å². The van der Waals surface area contributed by atoms with E-state index in [-0.39, 0.29) is 17.6 Å². The van der Waals surface area contributed by atoms with Crippen LogP contribution >= 0.6 is 0 Å². The maximum Gasteiger partial charge on any atom is 0.410 e. The number of likely N-dealkylation sites (tertiary alicyclic amines) is 1. The predicted octanol–water partition coefficient (Wildman–Crippen LogP) is 2.62. The summed E-state index contributed by atoms with van der Waals surface area (Å²) in [6, 6.07) is 0.116. The molecule has 4 nitrogen and oxygen atoms in total. The lowest BCUT2D eigenvalue weighted by atomic mass is 9.79. The molecule has 1 saturated heterocycles. The van der Waals surface area contributed by atoms with Crippen LogP contribution in [0.3, 0.4) is 0 Å². The normalized spacial score (nSPS) is 23.1. The summed E-state index contributed by atoms with van der Waals surface area (Å²) in [7, 11) is 0. The van der Waals surface area contributed by atoms with Crippen molar-refractivity contribution in [2.24, 2.45) is 17.1 Å². The van der Waals surface area contributed by atoms with Crippen LogP contribution in [0.25, 0.3) is 0 Å². The van der Waals surface area contributed by atoms with Gasteiger partial charge < -0.3 is 15.4 Å². The van der Waals surface area contributed by atoms with E-state index in [0.29, 0.717) is 12.5 Å². The Morgan fingerprint density at radius 2 is 1.83 bits per heavy atom.